The van der Waals surface area contributed by atoms with Gasteiger partial charge in [0.1, 0.15) is 5.82 Å². The molecule has 0 atom stereocenters. The molecule has 0 unspecified atom stereocenters. The monoisotopic (exact) mass is 261 g/mol. The van der Waals surface area contributed by atoms with Gasteiger partial charge in [0.2, 0.25) is 0 Å². The molecule has 90 valence electrons. The van der Waals surface area contributed by atoms with Crippen LogP contribution in [0.2, 0.25) is 0 Å². The molecule has 16 heavy (non-hydrogen) atoms. The van der Waals surface area contributed by atoms with E-state index >= 15 is 0 Å². The lowest BCUT2D eigenvalue weighted by Crippen LogP contribution is -2.06. The molecule has 0 amide bonds. The van der Waals surface area contributed by atoms with Crippen molar-refractivity contribution >= 4 is 35.8 Å². The predicted octanol–water partition coefficient (Wildman–Crippen LogP) is 2.74. The number of halogens is 2. The highest BCUT2D eigenvalue weighted by Gasteiger charge is 2.03. The van der Waals surface area contributed by atoms with E-state index in [4.69, 9.17) is 0 Å². The third kappa shape index (κ3) is 2.88. The minimum Gasteiger partial charge on any atom is -0.341 e. The van der Waals surface area contributed by atoms with Crippen molar-refractivity contribution < 1.29 is 0 Å². The molecule has 1 aromatic heterocycles. The zero-order valence-electron chi connectivity index (χ0n) is 9.63. The van der Waals surface area contributed by atoms with Gasteiger partial charge >= 0.3 is 0 Å². The van der Waals surface area contributed by atoms with Crippen LogP contribution in [0, 0.1) is 13.8 Å². The molecule has 0 fully saturated rings. The average molecular weight is 262 g/mol. The highest BCUT2D eigenvalue weighted by Crippen LogP contribution is 2.16. The Kier molecular flexibility index (Phi) is 5.79. The van der Waals surface area contributed by atoms with Crippen molar-refractivity contribution in [3.63, 3.8) is 0 Å². The number of aromatic nitrogens is 2. The summed E-state index contributed by atoms with van der Waals surface area (Å²) in [5.41, 5.74) is 4.77. The van der Waals surface area contributed by atoms with Gasteiger partial charge in [-0.25, -0.2) is 4.98 Å². The maximum atomic E-state index is 4.49. The molecule has 2 N–H and O–H groups in total. The quantitative estimate of drug-likeness (QED) is 0.873. The van der Waals surface area contributed by atoms with Crippen LogP contribution in [0.25, 0.3) is 11.0 Å². The SMILES string of the molecule is CNCc1nc2cc(C)c(C)cc2[nH]1.Cl.Cl. The number of imidazole rings is 1. The van der Waals surface area contributed by atoms with Crippen molar-refractivity contribution in [3.8, 4) is 0 Å². The molecule has 2 aromatic rings. The molecule has 1 aromatic carbocycles. The summed E-state index contributed by atoms with van der Waals surface area (Å²) >= 11 is 0. The lowest BCUT2D eigenvalue weighted by Gasteiger charge is -1.97. The molecule has 0 spiro atoms. The second-order valence-corrected chi connectivity index (χ2v) is 3.67. The van der Waals surface area contributed by atoms with Crippen LogP contribution in [-0.4, -0.2) is 17.0 Å². The van der Waals surface area contributed by atoms with E-state index in [1.165, 1.54) is 11.1 Å². The molecule has 0 aliphatic heterocycles. The zero-order chi connectivity index (χ0) is 10.1. The van der Waals surface area contributed by atoms with Crippen LogP contribution in [0.1, 0.15) is 17.0 Å². The first-order chi connectivity index (χ1) is 6.70. The summed E-state index contributed by atoms with van der Waals surface area (Å²) in [4.78, 5) is 7.78. The second-order valence-electron chi connectivity index (χ2n) is 3.67. The predicted molar refractivity (Wildman–Crippen MR) is 72.8 cm³/mol. The number of aryl methyl sites for hydroxylation is 2. The van der Waals surface area contributed by atoms with Crippen LogP contribution in [0.4, 0.5) is 0 Å². The maximum absolute atomic E-state index is 4.49. The average Bonchev–Trinajstić information content (AvgIpc) is 2.48. The summed E-state index contributed by atoms with van der Waals surface area (Å²) in [6.45, 7) is 5.02. The Balaban J connectivity index is 0.00000112. The van der Waals surface area contributed by atoms with Gasteiger partial charge in [0.15, 0.2) is 0 Å². The van der Waals surface area contributed by atoms with Crippen molar-refractivity contribution in [1.82, 2.24) is 15.3 Å². The van der Waals surface area contributed by atoms with Gasteiger partial charge in [-0.15, -0.1) is 24.8 Å². The summed E-state index contributed by atoms with van der Waals surface area (Å²) in [7, 11) is 1.92. The highest BCUT2D eigenvalue weighted by molar-refractivity contribution is 5.85. The Morgan fingerprint density at radius 3 is 2.44 bits per heavy atom. The number of aromatic amines is 1. The van der Waals surface area contributed by atoms with E-state index in [9.17, 15) is 0 Å². The summed E-state index contributed by atoms with van der Waals surface area (Å²) in [5.74, 6) is 0.993. The van der Waals surface area contributed by atoms with Gasteiger partial charge < -0.3 is 10.3 Å². The number of H-pyrrole nitrogens is 1. The van der Waals surface area contributed by atoms with Crippen molar-refractivity contribution in [3.05, 3.63) is 29.1 Å². The number of hydrogen-bond acceptors (Lipinski definition) is 2. The second kappa shape index (κ2) is 6.09. The van der Waals surface area contributed by atoms with Crippen molar-refractivity contribution in [2.45, 2.75) is 20.4 Å². The summed E-state index contributed by atoms with van der Waals surface area (Å²) in [6, 6.07) is 4.27. The molecule has 3 nitrogen and oxygen atoms in total. The topological polar surface area (TPSA) is 40.7 Å². The summed E-state index contributed by atoms with van der Waals surface area (Å²) in [5, 5.41) is 3.08. The van der Waals surface area contributed by atoms with Gasteiger partial charge in [-0.1, -0.05) is 0 Å². The summed E-state index contributed by atoms with van der Waals surface area (Å²) < 4.78 is 0. The number of nitrogens with zero attached hydrogens (tertiary/aromatic N) is 1. The molecular weight excluding hydrogens is 245 g/mol. The van der Waals surface area contributed by atoms with Crippen LogP contribution < -0.4 is 5.32 Å². The van der Waals surface area contributed by atoms with Crippen LogP contribution in [0.15, 0.2) is 12.1 Å². The van der Waals surface area contributed by atoms with E-state index in [1.807, 2.05) is 7.05 Å². The van der Waals surface area contributed by atoms with Crippen LogP contribution in [0.3, 0.4) is 0 Å². The Labute approximate surface area is 108 Å². The fourth-order valence-corrected chi connectivity index (χ4v) is 1.57. The van der Waals surface area contributed by atoms with Crippen molar-refractivity contribution in [2.24, 2.45) is 0 Å². The first-order valence-corrected chi connectivity index (χ1v) is 4.81. The van der Waals surface area contributed by atoms with Gasteiger partial charge in [-0.05, 0) is 44.2 Å². The highest BCUT2D eigenvalue weighted by atomic mass is 35.5. The molecule has 1 heterocycles. The Bertz CT molecular complexity index is 426. The largest absolute Gasteiger partial charge is 0.341 e. The lowest BCUT2D eigenvalue weighted by molar-refractivity contribution is 0.775. The maximum Gasteiger partial charge on any atom is 0.121 e. The number of rotatable bonds is 2. The normalized spacial score (nSPS) is 9.69. The molecule has 5 heteroatoms. The van der Waals surface area contributed by atoms with Crippen LogP contribution >= 0.6 is 24.8 Å². The summed E-state index contributed by atoms with van der Waals surface area (Å²) in [6.07, 6.45) is 0. The fraction of sp³-hybridized carbons (Fsp3) is 0.364. The van der Waals surface area contributed by atoms with Gasteiger partial charge in [0.05, 0.1) is 17.6 Å². The van der Waals surface area contributed by atoms with Crippen LogP contribution in [-0.2, 0) is 6.54 Å². The van der Waals surface area contributed by atoms with E-state index in [1.54, 1.807) is 0 Å². The Morgan fingerprint density at radius 1 is 1.19 bits per heavy atom. The number of benzene rings is 1. The third-order valence-electron chi connectivity index (χ3n) is 2.49. The van der Waals surface area contributed by atoms with Crippen molar-refractivity contribution in [2.75, 3.05) is 7.05 Å². The van der Waals surface area contributed by atoms with Gasteiger partial charge in [-0.2, -0.15) is 0 Å². The van der Waals surface area contributed by atoms with Crippen LogP contribution in [0.5, 0.6) is 0 Å². The first-order valence-electron chi connectivity index (χ1n) is 4.81. The molecular formula is C11H17Cl2N3. The van der Waals surface area contributed by atoms with E-state index in [-0.39, 0.29) is 24.8 Å². The Hall–Kier alpha value is -0.770. The minimum absolute atomic E-state index is 0. The van der Waals surface area contributed by atoms with E-state index in [0.29, 0.717) is 0 Å². The van der Waals surface area contributed by atoms with E-state index in [2.05, 4.69) is 41.3 Å². The molecule has 0 saturated carbocycles. The number of fused-ring (bicyclic) bond motifs is 1. The minimum atomic E-state index is 0. The van der Waals surface area contributed by atoms with Gasteiger partial charge in [0, 0.05) is 0 Å². The van der Waals surface area contributed by atoms with Gasteiger partial charge in [-0.3, -0.25) is 0 Å². The molecule has 2 rings (SSSR count). The first kappa shape index (κ1) is 15.2. The lowest BCUT2D eigenvalue weighted by atomic mass is 10.1. The third-order valence-corrected chi connectivity index (χ3v) is 2.49. The molecule has 0 radical (unpaired) electrons. The standard InChI is InChI=1S/C11H15N3.2ClH/c1-7-4-9-10(5-8(7)2)14-11(13-9)6-12-3;;/h4-5,12H,6H2,1-3H3,(H,13,14);2*1H. The fourth-order valence-electron chi connectivity index (χ4n) is 1.57. The van der Waals surface area contributed by atoms with E-state index < -0.39 is 0 Å². The molecule has 0 bridgehead atoms. The van der Waals surface area contributed by atoms with Crippen molar-refractivity contribution in [1.29, 1.82) is 0 Å². The number of nitrogens with one attached hydrogen (secondary N) is 2. The molecule has 0 aliphatic carbocycles. The molecule has 0 saturated heterocycles. The Morgan fingerprint density at radius 2 is 1.81 bits per heavy atom. The number of hydrogen-bond donors (Lipinski definition) is 2. The molecule has 0 aliphatic rings. The van der Waals surface area contributed by atoms with E-state index in [0.717, 1.165) is 23.4 Å². The van der Waals surface area contributed by atoms with Gasteiger partial charge in [0.25, 0.3) is 0 Å². The zero-order valence-corrected chi connectivity index (χ0v) is 11.3. The smallest absolute Gasteiger partial charge is 0.121 e.